The van der Waals surface area contributed by atoms with Gasteiger partial charge in [0, 0.05) is 6.04 Å². The molecule has 164 valence electrons. The van der Waals surface area contributed by atoms with Gasteiger partial charge in [0.05, 0.1) is 19.6 Å². The summed E-state index contributed by atoms with van der Waals surface area (Å²) in [5.41, 5.74) is 1.75. The number of carbonyl (C=O) groups is 1. The van der Waals surface area contributed by atoms with Crippen molar-refractivity contribution in [3.8, 4) is 11.5 Å². The van der Waals surface area contributed by atoms with Crippen molar-refractivity contribution in [1.29, 1.82) is 0 Å². The highest BCUT2D eigenvalue weighted by Gasteiger charge is 2.18. The molecular weight excluding hydrogens is 394 g/mol. The minimum atomic E-state index is -0.553. The van der Waals surface area contributed by atoms with Crippen LogP contribution in [0, 0.1) is 0 Å². The van der Waals surface area contributed by atoms with Gasteiger partial charge in [0.1, 0.15) is 11.5 Å². The second kappa shape index (κ2) is 10.3. The van der Waals surface area contributed by atoms with Crippen LogP contribution in [0.5, 0.6) is 11.5 Å². The molecule has 0 bridgehead atoms. The fourth-order valence-electron chi connectivity index (χ4n) is 3.18. The molecule has 0 aromatic heterocycles. The van der Waals surface area contributed by atoms with Crippen LogP contribution in [0.1, 0.15) is 24.2 Å². The zero-order valence-corrected chi connectivity index (χ0v) is 18.4. The molecule has 0 fully saturated rings. The molecule has 0 aliphatic rings. The molecule has 6 nitrogen and oxygen atoms in total. The molecule has 3 aromatic rings. The van der Waals surface area contributed by atoms with Crippen LogP contribution in [0.2, 0.25) is 0 Å². The Labute approximate surface area is 183 Å². The lowest BCUT2D eigenvalue weighted by Gasteiger charge is -2.25. The molecular formula is C25H29NO5. The summed E-state index contributed by atoms with van der Waals surface area (Å²) in [6.45, 7) is 2.07. The Morgan fingerprint density at radius 3 is 2.23 bits per heavy atom. The first-order valence-corrected chi connectivity index (χ1v) is 10.2. The third-order valence-corrected chi connectivity index (χ3v) is 5.40. The van der Waals surface area contributed by atoms with E-state index >= 15 is 0 Å². The standard InChI is InChI=1S/C25H29NO5/c1-17(26(2)3)25(28)21-8-7-20-15-23(12-9-19(20)14-21)31-16-30-22-10-5-18(6-11-22)13-24(27)29-4/h5-12,14-15,17,25,28H,13,16H2,1-4H3. The lowest BCUT2D eigenvalue weighted by atomic mass is 9.99. The number of rotatable bonds is 9. The number of aliphatic hydroxyl groups is 1. The molecule has 0 saturated heterocycles. The first-order valence-electron chi connectivity index (χ1n) is 10.2. The normalized spacial score (nSPS) is 13.1. The highest BCUT2D eigenvalue weighted by Crippen LogP contribution is 2.27. The van der Waals surface area contributed by atoms with Crippen LogP contribution >= 0.6 is 0 Å². The Morgan fingerprint density at radius 1 is 0.935 bits per heavy atom. The Morgan fingerprint density at radius 2 is 1.55 bits per heavy atom. The molecule has 0 spiro atoms. The van der Waals surface area contributed by atoms with Gasteiger partial charge < -0.3 is 24.2 Å². The van der Waals surface area contributed by atoms with E-state index in [-0.39, 0.29) is 25.2 Å². The van der Waals surface area contributed by atoms with E-state index in [1.54, 1.807) is 12.1 Å². The molecule has 3 aromatic carbocycles. The van der Waals surface area contributed by atoms with E-state index in [0.29, 0.717) is 11.5 Å². The zero-order valence-electron chi connectivity index (χ0n) is 18.4. The predicted octanol–water partition coefficient (Wildman–Crippen LogP) is 3.95. The highest BCUT2D eigenvalue weighted by atomic mass is 16.7. The Hall–Kier alpha value is -3.09. The van der Waals surface area contributed by atoms with E-state index in [1.165, 1.54) is 7.11 Å². The van der Waals surface area contributed by atoms with Crippen molar-refractivity contribution in [3.05, 3.63) is 71.8 Å². The molecule has 0 saturated carbocycles. The van der Waals surface area contributed by atoms with Crippen LogP contribution in [0.15, 0.2) is 60.7 Å². The number of fused-ring (bicyclic) bond motifs is 1. The lowest BCUT2D eigenvalue weighted by Crippen LogP contribution is -2.30. The number of benzene rings is 3. The van der Waals surface area contributed by atoms with Crippen molar-refractivity contribution < 1.29 is 24.1 Å². The fraction of sp³-hybridized carbons (Fsp3) is 0.320. The van der Waals surface area contributed by atoms with Crippen LogP contribution in [-0.4, -0.2) is 50.0 Å². The first-order chi connectivity index (χ1) is 14.9. The molecule has 2 unspecified atom stereocenters. The van der Waals surface area contributed by atoms with Crippen molar-refractivity contribution in [2.24, 2.45) is 0 Å². The Balaban J connectivity index is 1.58. The smallest absolute Gasteiger partial charge is 0.309 e. The number of aliphatic hydroxyl groups excluding tert-OH is 1. The van der Waals surface area contributed by atoms with Gasteiger partial charge in [-0.15, -0.1) is 0 Å². The number of hydrogen-bond acceptors (Lipinski definition) is 6. The average molecular weight is 424 g/mol. The second-order valence-electron chi connectivity index (χ2n) is 7.72. The van der Waals surface area contributed by atoms with E-state index in [9.17, 15) is 9.90 Å². The van der Waals surface area contributed by atoms with Crippen LogP contribution in [0.4, 0.5) is 0 Å². The summed E-state index contributed by atoms with van der Waals surface area (Å²) in [7, 11) is 5.28. The topological polar surface area (TPSA) is 68.2 Å². The van der Waals surface area contributed by atoms with Gasteiger partial charge in [-0.25, -0.2) is 0 Å². The van der Waals surface area contributed by atoms with Crippen molar-refractivity contribution in [2.75, 3.05) is 28.0 Å². The van der Waals surface area contributed by atoms with E-state index in [2.05, 4.69) is 4.74 Å². The zero-order chi connectivity index (χ0) is 22.4. The summed E-state index contributed by atoms with van der Waals surface area (Å²) in [6, 6.07) is 19.0. The van der Waals surface area contributed by atoms with Crippen molar-refractivity contribution in [1.82, 2.24) is 4.90 Å². The van der Waals surface area contributed by atoms with Gasteiger partial charge in [-0.1, -0.05) is 30.3 Å². The lowest BCUT2D eigenvalue weighted by molar-refractivity contribution is -0.139. The molecule has 0 amide bonds. The summed E-state index contributed by atoms with van der Waals surface area (Å²) in [5, 5.41) is 12.6. The number of methoxy groups -OCH3 is 1. The molecule has 0 aliphatic heterocycles. The third kappa shape index (κ3) is 5.96. The molecule has 31 heavy (non-hydrogen) atoms. The molecule has 3 rings (SSSR count). The van der Waals surface area contributed by atoms with Gasteiger partial charge in [-0.2, -0.15) is 0 Å². The summed E-state index contributed by atoms with van der Waals surface area (Å²) < 4.78 is 16.0. The van der Waals surface area contributed by atoms with Crippen LogP contribution in [0.25, 0.3) is 10.8 Å². The average Bonchev–Trinajstić information content (AvgIpc) is 2.78. The van der Waals surface area contributed by atoms with E-state index in [4.69, 9.17) is 9.47 Å². The van der Waals surface area contributed by atoms with Gasteiger partial charge in [-0.3, -0.25) is 4.79 Å². The van der Waals surface area contributed by atoms with E-state index < -0.39 is 6.10 Å². The van der Waals surface area contributed by atoms with E-state index in [1.807, 2.05) is 74.4 Å². The van der Waals surface area contributed by atoms with Crippen molar-refractivity contribution in [3.63, 3.8) is 0 Å². The van der Waals surface area contributed by atoms with Crippen molar-refractivity contribution in [2.45, 2.75) is 25.5 Å². The molecule has 0 aliphatic carbocycles. The van der Waals surface area contributed by atoms with Gasteiger partial charge in [0.15, 0.2) is 0 Å². The third-order valence-electron chi connectivity index (χ3n) is 5.40. The molecule has 1 N–H and O–H groups in total. The first kappa shape index (κ1) is 22.6. The van der Waals surface area contributed by atoms with E-state index in [0.717, 1.165) is 21.9 Å². The van der Waals surface area contributed by atoms with Crippen molar-refractivity contribution >= 4 is 16.7 Å². The quantitative estimate of drug-likeness (QED) is 0.415. The van der Waals surface area contributed by atoms with Crippen LogP contribution in [0.3, 0.4) is 0 Å². The van der Waals surface area contributed by atoms with Gasteiger partial charge >= 0.3 is 5.97 Å². The Bertz CT molecular complexity index is 1020. The minimum absolute atomic E-state index is 0.0201. The largest absolute Gasteiger partial charge is 0.469 e. The maximum atomic E-state index is 11.3. The van der Waals surface area contributed by atoms with Gasteiger partial charge in [-0.05, 0) is 73.3 Å². The second-order valence-corrected chi connectivity index (χ2v) is 7.72. The molecule has 0 radical (unpaired) electrons. The number of esters is 1. The highest BCUT2D eigenvalue weighted by molar-refractivity contribution is 5.84. The number of hydrogen-bond donors (Lipinski definition) is 1. The van der Waals surface area contributed by atoms with Gasteiger partial charge in [0.25, 0.3) is 0 Å². The number of nitrogens with zero attached hydrogens (tertiary/aromatic N) is 1. The number of carbonyl (C=O) groups excluding carboxylic acids is 1. The molecule has 6 heteroatoms. The summed E-state index contributed by atoms with van der Waals surface area (Å²) in [5.74, 6) is 1.08. The maximum Gasteiger partial charge on any atom is 0.309 e. The fourth-order valence-corrected chi connectivity index (χ4v) is 3.18. The molecule has 0 heterocycles. The van der Waals surface area contributed by atoms with Gasteiger partial charge in [0.2, 0.25) is 6.79 Å². The monoisotopic (exact) mass is 423 g/mol. The molecule has 2 atom stereocenters. The Kier molecular flexibility index (Phi) is 7.50. The summed E-state index contributed by atoms with van der Waals surface area (Å²) in [6.07, 6.45) is -0.320. The van der Waals surface area contributed by atoms with Crippen LogP contribution in [-0.2, 0) is 16.0 Å². The summed E-state index contributed by atoms with van der Waals surface area (Å²) >= 11 is 0. The number of likely N-dealkylation sites (N-methyl/N-ethyl adjacent to an activating group) is 1. The maximum absolute atomic E-state index is 11.3. The predicted molar refractivity (Wildman–Crippen MR) is 120 cm³/mol. The number of ether oxygens (including phenoxy) is 3. The van der Waals surface area contributed by atoms with Crippen LogP contribution < -0.4 is 9.47 Å². The minimum Gasteiger partial charge on any atom is -0.469 e. The summed E-state index contributed by atoms with van der Waals surface area (Å²) in [4.78, 5) is 13.3. The SMILES string of the molecule is COC(=O)Cc1ccc(OCOc2ccc3cc(C(O)C(C)N(C)C)ccc3c2)cc1.